The smallest absolute Gasteiger partial charge is 0.0754 e. The number of para-hydroxylation sites is 4. The van der Waals surface area contributed by atoms with Crippen LogP contribution in [0.3, 0.4) is 0 Å². The van der Waals surface area contributed by atoms with Gasteiger partial charge in [0.05, 0.1) is 33.2 Å². The van der Waals surface area contributed by atoms with Gasteiger partial charge in [-0.25, -0.2) is 0 Å². The standard InChI is InChI=1S/C80H50N2/c1-2-20-51(21-3-1)52-40-42-53(43-41-52)57-22-8-15-37-74(57)81(56-48-49-62-61-25-6-12-32-68(61)79(73(62)50-56)66-30-10-4-23-59(66)60-24-5-11-31-67(60)79)55-46-44-54(45-47-55)58-28-18-35-71-77(58)65-27-7-13-33-69(65)80(71)70-34-14-17-39-76(70)82-75-38-16-9-26-63(75)64-29-19-36-72(80)78(64)82/h1-50H. The fourth-order valence-electron chi connectivity index (χ4n) is 15.7. The molecule has 2 nitrogen and oxygen atoms in total. The van der Waals surface area contributed by atoms with Crippen LogP contribution >= 0.6 is 0 Å². The third kappa shape index (κ3) is 5.87. The van der Waals surface area contributed by atoms with Crippen molar-refractivity contribution >= 4 is 38.9 Å². The van der Waals surface area contributed by atoms with Crippen molar-refractivity contribution in [2.75, 3.05) is 4.90 Å². The van der Waals surface area contributed by atoms with Crippen LogP contribution in [0.5, 0.6) is 0 Å². The zero-order chi connectivity index (χ0) is 53.7. The van der Waals surface area contributed by atoms with Crippen molar-refractivity contribution < 1.29 is 0 Å². The summed E-state index contributed by atoms with van der Waals surface area (Å²) in [4.78, 5) is 2.51. The van der Waals surface area contributed by atoms with Crippen LogP contribution in [-0.2, 0) is 10.8 Å². The van der Waals surface area contributed by atoms with E-state index in [0.717, 1.165) is 28.2 Å². The summed E-state index contributed by atoms with van der Waals surface area (Å²) < 4.78 is 2.53. The number of fused-ring (bicyclic) bond motifs is 22. The first-order chi connectivity index (χ1) is 40.7. The lowest BCUT2D eigenvalue weighted by molar-refractivity contribution is 0.748. The molecule has 2 heterocycles. The SMILES string of the molecule is c1ccc(-c2ccc(-c3ccccc3N(c3ccc(-c4cccc5c4-c4ccccc4C54c5ccccc5-n5c6ccccc6c6cccc4c65)cc3)c3ccc4c(c3)C3(c5ccccc5-c5ccccc53)c3ccccc3-4)cc2)cc1. The summed E-state index contributed by atoms with van der Waals surface area (Å²) in [5.74, 6) is 0. The Morgan fingerprint density at radius 3 is 1.43 bits per heavy atom. The number of aromatic nitrogens is 1. The maximum absolute atomic E-state index is 2.53. The molecule has 1 aromatic heterocycles. The van der Waals surface area contributed by atoms with E-state index in [1.54, 1.807) is 0 Å². The van der Waals surface area contributed by atoms with Crippen LogP contribution in [-0.4, -0.2) is 4.57 Å². The third-order valence-corrected chi connectivity index (χ3v) is 18.8. The summed E-state index contributed by atoms with van der Waals surface area (Å²) in [5, 5.41) is 2.57. The molecule has 2 spiro atoms. The summed E-state index contributed by atoms with van der Waals surface area (Å²) in [6.07, 6.45) is 0. The number of anilines is 3. The van der Waals surface area contributed by atoms with Crippen molar-refractivity contribution in [2.24, 2.45) is 0 Å². The first-order valence-electron chi connectivity index (χ1n) is 28.7. The van der Waals surface area contributed by atoms with E-state index in [9.17, 15) is 0 Å². The Bertz CT molecular complexity index is 4920. The molecule has 1 aliphatic heterocycles. The Morgan fingerprint density at radius 1 is 0.256 bits per heavy atom. The van der Waals surface area contributed by atoms with Gasteiger partial charge >= 0.3 is 0 Å². The van der Waals surface area contributed by atoms with E-state index in [1.165, 1.54) is 128 Å². The van der Waals surface area contributed by atoms with Gasteiger partial charge in [-0.05, 0) is 148 Å². The molecule has 380 valence electrons. The molecular formula is C80H50N2. The van der Waals surface area contributed by atoms with E-state index in [-0.39, 0.29) is 0 Å². The fraction of sp³-hybridized carbons (Fsp3) is 0.0250. The highest BCUT2D eigenvalue weighted by Gasteiger charge is 2.53. The van der Waals surface area contributed by atoms with Crippen LogP contribution in [0.4, 0.5) is 17.1 Å². The van der Waals surface area contributed by atoms with Gasteiger partial charge in [-0.15, -0.1) is 0 Å². The average molecular weight is 1040 g/mol. The number of benzene rings is 13. The molecule has 14 aromatic rings. The molecule has 1 atom stereocenters. The average Bonchev–Trinajstić information content (AvgIpc) is 2.07. The van der Waals surface area contributed by atoms with Crippen LogP contribution in [0, 0.1) is 0 Å². The molecule has 0 amide bonds. The van der Waals surface area contributed by atoms with Gasteiger partial charge < -0.3 is 9.47 Å². The van der Waals surface area contributed by atoms with E-state index in [4.69, 9.17) is 0 Å². The molecule has 18 rings (SSSR count). The van der Waals surface area contributed by atoms with Crippen molar-refractivity contribution in [3.8, 4) is 72.4 Å². The Balaban J connectivity index is 0.838. The zero-order valence-corrected chi connectivity index (χ0v) is 44.8. The molecule has 0 radical (unpaired) electrons. The van der Waals surface area contributed by atoms with Gasteiger partial charge in [-0.2, -0.15) is 0 Å². The molecule has 0 bridgehead atoms. The van der Waals surface area contributed by atoms with Crippen molar-refractivity contribution in [1.29, 1.82) is 0 Å². The van der Waals surface area contributed by atoms with Crippen LogP contribution in [0.1, 0.15) is 44.5 Å². The molecule has 0 saturated heterocycles. The first kappa shape index (κ1) is 45.3. The van der Waals surface area contributed by atoms with Gasteiger partial charge in [0, 0.05) is 27.7 Å². The van der Waals surface area contributed by atoms with E-state index < -0.39 is 10.8 Å². The third-order valence-electron chi connectivity index (χ3n) is 18.8. The highest BCUT2D eigenvalue weighted by molar-refractivity contribution is 6.13. The highest BCUT2D eigenvalue weighted by atomic mass is 15.1. The highest BCUT2D eigenvalue weighted by Crippen LogP contribution is 2.65. The lowest BCUT2D eigenvalue weighted by Crippen LogP contribution is -2.33. The Hall–Kier alpha value is -10.5. The van der Waals surface area contributed by atoms with Gasteiger partial charge in [-0.1, -0.05) is 261 Å². The van der Waals surface area contributed by atoms with Crippen LogP contribution in [0.2, 0.25) is 0 Å². The summed E-state index contributed by atoms with van der Waals surface area (Å²) in [6.45, 7) is 0. The number of nitrogens with zero attached hydrogens (tertiary/aromatic N) is 2. The normalized spacial score (nSPS) is 15.0. The second kappa shape index (κ2) is 17.0. The molecule has 0 N–H and O–H groups in total. The summed E-state index contributed by atoms with van der Waals surface area (Å²) in [7, 11) is 0. The minimum Gasteiger partial charge on any atom is -0.310 e. The van der Waals surface area contributed by atoms with E-state index >= 15 is 0 Å². The van der Waals surface area contributed by atoms with Gasteiger partial charge in [0.1, 0.15) is 0 Å². The van der Waals surface area contributed by atoms with Crippen LogP contribution < -0.4 is 4.90 Å². The minimum atomic E-state index is -0.535. The van der Waals surface area contributed by atoms with Gasteiger partial charge in [-0.3, -0.25) is 0 Å². The molecule has 2 heteroatoms. The quantitative estimate of drug-likeness (QED) is 0.161. The first-order valence-corrected chi connectivity index (χ1v) is 28.7. The molecule has 13 aromatic carbocycles. The second-order valence-electron chi connectivity index (χ2n) is 22.6. The van der Waals surface area contributed by atoms with Crippen LogP contribution in [0.25, 0.3) is 94.3 Å². The van der Waals surface area contributed by atoms with E-state index in [1.807, 2.05) is 0 Å². The Labute approximate surface area is 476 Å². The predicted octanol–water partition coefficient (Wildman–Crippen LogP) is 20.3. The van der Waals surface area contributed by atoms with Gasteiger partial charge in [0.15, 0.2) is 0 Å². The van der Waals surface area contributed by atoms with Crippen molar-refractivity contribution in [3.05, 3.63) is 348 Å². The molecular weight excluding hydrogens is 989 g/mol. The largest absolute Gasteiger partial charge is 0.310 e. The molecule has 1 unspecified atom stereocenters. The molecule has 4 aliphatic rings. The van der Waals surface area contributed by atoms with Crippen molar-refractivity contribution in [1.82, 2.24) is 4.57 Å². The number of hydrogen-bond acceptors (Lipinski definition) is 1. The summed E-state index contributed by atoms with van der Waals surface area (Å²) in [6, 6.07) is 114. The maximum Gasteiger partial charge on any atom is 0.0754 e. The molecule has 0 saturated carbocycles. The lowest BCUT2D eigenvalue weighted by atomic mass is 9.65. The fourth-order valence-corrected chi connectivity index (χ4v) is 15.7. The number of hydrogen-bond donors (Lipinski definition) is 0. The molecule has 3 aliphatic carbocycles. The van der Waals surface area contributed by atoms with E-state index in [0.29, 0.717) is 0 Å². The van der Waals surface area contributed by atoms with Gasteiger partial charge in [0.25, 0.3) is 0 Å². The van der Waals surface area contributed by atoms with Gasteiger partial charge in [0.2, 0.25) is 0 Å². The lowest BCUT2D eigenvalue weighted by Gasteiger charge is -2.39. The maximum atomic E-state index is 2.53. The topological polar surface area (TPSA) is 8.17 Å². The summed E-state index contributed by atoms with van der Waals surface area (Å²) in [5.41, 5.74) is 31.5. The Kier molecular flexibility index (Phi) is 9.39. The second-order valence-corrected chi connectivity index (χ2v) is 22.6. The van der Waals surface area contributed by atoms with Crippen molar-refractivity contribution in [3.63, 3.8) is 0 Å². The molecule has 0 fully saturated rings. The monoisotopic (exact) mass is 1040 g/mol. The minimum absolute atomic E-state index is 0.486. The zero-order valence-electron chi connectivity index (χ0n) is 44.8. The predicted molar refractivity (Wildman–Crippen MR) is 339 cm³/mol. The molecule has 82 heavy (non-hydrogen) atoms. The number of rotatable bonds is 6. The summed E-state index contributed by atoms with van der Waals surface area (Å²) >= 11 is 0. The Morgan fingerprint density at radius 2 is 0.707 bits per heavy atom. The van der Waals surface area contributed by atoms with Crippen LogP contribution in [0.15, 0.2) is 303 Å². The van der Waals surface area contributed by atoms with Crippen molar-refractivity contribution in [2.45, 2.75) is 10.8 Å². The van der Waals surface area contributed by atoms with E-state index in [2.05, 4.69) is 313 Å².